The van der Waals surface area contributed by atoms with E-state index in [4.69, 9.17) is 0 Å². The zero-order valence-corrected chi connectivity index (χ0v) is 16.0. The Morgan fingerprint density at radius 1 is 1.20 bits per heavy atom. The fourth-order valence-corrected chi connectivity index (χ4v) is 3.31. The molecule has 2 aromatic heterocycles. The fraction of sp³-hybridized carbons (Fsp3) is 0.200. The molecule has 1 atom stereocenters. The fourth-order valence-electron chi connectivity index (χ4n) is 3.31. The largest absolute Gasteiger partial charge is 0.439 e. The molecule has 4 aromatic rings. The van der Waals surface area contributed by atoms with E-state index in [1.54, 1.807) is 24.3 Å². The van der Waals surface area contributed by atoms with Crippen molar-refractivity contribution in [2.45, 2.75) is 19.9 Å². The van der Waals surface area contributed by atoms with Gasteiger partial charge in [0.25, 0.3) is 0 Å². The molecule has 0 radical (unpaired) electrons. The van der Waals surface area contributed by atoms with Crippen LogP contribution in [-0.4, -0.2) is 25.6 Å². The van der Waals surface area contributed by atoms with E-state index >= 15 is 0 Å². The molecule has 8 nitrogen and oxygen atoms in total. The standard InChI is InChI=1S/C20H17F2N5O3/c1-10(2)17(27-9-23-15-7-13(21)14(22)8-16(15)27)19(28)24-12-5-3-4-11(6-12)18-25-20(29)30-26-18/h3-10,17H,1-2H3,(H,24,28)(H,25,26,29). The van der Waals surface area contributed by atoms with Crippen molar-refractivity contribution in [2.24, 2.45) is 5.92 Å². The lowest BCUT2D eigenvalue weighted by Gasteiger charge is -2.22. The predicted octanol–water partition coefficient (Wildman–Crippen LogP) is 3.49. The first-order valence-corrected chi connectivity index (χ1v) is 9.12. The molecule has 10 heteroatoms. The highest BCUT2D eigenvalue weighted by molar-refractivity contribution is 5.95. The predicted molar refractivity (Wildman–Crippen MR) is 105 cm³/mol. The number of nitrogens with one attached hydrogen (secondary N) is 2. The van der Waals surface area contributed by atoms with Crippen molar-refractivity contribution in [3.05, 3.63) is 64.9 Å². The van der Waals surface area contributed by atoms with E-state index in [0.717, 1.165) is 12.1 Å². The lowest BCUT2D eigenvalue weighted by atomic mass is 10.0. The summed E-state index contributed by atoms with van der Waals surface area (Å²) in [5.74, 6) is -3.00. The summed E-state index contributed by atoms with van der Waals surface area (Å²) in [7, 11) is 0. The van der Waals surface area contributed by atoms with Crippen molar-refractivity contribution in [3.63, 3.8) is 0 Å². The Balaban J connectivity index is 1.66. The highest BCUT2D eigenvalue weighted by Gasteiger charge is 2.26. The number of hydrogen-bond donors (Lipinski definition) is 2. The smallest absolute Gasteiger partial charge is 0.324 e. The van der Waals surface area contributed by atoms with Crippen LogP contribution in [0, 0.1) is 17.6 Å². The highest BCUT2D eigenvalue weighted by atomic mass is 19.2. The molecule has 154 valence electrons. The SMILES string of the molecule is CC(C)C(C(=O)Nc1cccc(-c2noc(=O)[nH]2)c1)n1cnc2cc(F)c(F)cc21. The van der Waals surface area contributed by atoms with Gasteiger partial charge in [0.15, 0.2) is 17.5 Å². The minimum atomic E-state index is -1.01. The van der Waals surface area contributed by atoms with E-state index in [0.29, 0.717) is 16.8 Å². The van der Waals surface area contributed by atoms with Crippen LogP contribution in [0.4, 0.5) is 14.5 Å². The minimum Gasteiger partial charge on any atom is -0.324 e. The molecule has 2 aromatic carbocycles. The van der Waals surface area contributed by atoms with Gasteiger partial charge in [-0.1, -0.05) is 31.1 Å². The average molecular weight is 413 g/mol. The zero-order chi connectivity index (χ0) is 21.4. The normalized spacial score (nSPS) is 12.4. The number of aromatic nitrogens is 4. The van der Waals surface area contributed by atoms with Crippen LogP contribution in [0.1, 0.15) is 19.9 Å². The molecule has 2 N–H and O–H groups in total. The van der Waals surface area contributed by atoms with Crippen LogP contribution in [0.5, 0.6) is 0 Å². The van der Waals surface area contributed by atoms with Gasteiger partial charge in [-0.15, -0.1) is 0 Å². The molecule has 0 fully saturated rings. The van der Waals surface area contributed by atoms with E-state index in [9.17, 15) is 18.4 Å². The number of rotatable bonds is 5. The number of aromatic amines is 1. The summed E-state index contributed by atoms with van der Waals surface area (Å²) in [4.78, 5) is 30.8. The van der Waals surface area contributed by atoms with Gasteiger partial charge in [0.05, 0.1) is 17.4 Å². The van der Waals surface area contributed by atoms with Crippen molar-refractivity contribution >= 4 is 22.6 Å². The van der Waals surface area contributed by atoms with Gasteiger partial charge >= 0.3 is 5.76 Å². The van der Waals surface area contributed by atoms with Gasteiger partial charge in [0.1, 0.15) is 6.04 Å². The molecule has 4 rings (SSSR count). The van der Waals surface area contributed by atoms with Crippen LogP contribution in [-0.2, 0) is 4.79 Å². The number of H-pyrrole nitrogens is 1. The van der Waals surface area contributed by atoms with E-state index in [1.807, 2.05) is 13.8 Å². The Morgan fingerprint density at radius 2 is 1.97 bits per heavy atom. The van der Waals surface area contributed by atoms with Crippen LogP contribution >= 0.6 is 0 Å². The van der Waals surface area contributed by atoms with Gasteiger partial charge in [-0.2, -0.15) is 0 Å². The maximum absolute atomic E-state index is 13.8. The number of hydrogen-bond acceptors (Lipinski definition) is 5. The maximum Gasteiger partial charge on any atom is 0.439 e. The lowest BCUT2D eigenvalue weighted by molar-refractivity contribution is -0.120. The zero-order valence-electron chi connectivity index (χ0n) is 16.0. The summed E-state index contributed by atoms with van der Waals surface area (Å²) in [6.45, 7) is 3.68. The van der Waals surface area contributed by atoms with Crippen LogP contribution in [0.3, 0.4) is 0 Å². The first kappa shape index (κ1) is 19.5. The molecule has 0 aliphatic carbocycles. The summed E-state index contributed by atoms with van der Waals surface area (Å²) in [5.41, 5.74) is 1.58. The van der Waals surface area contributed by atoms with Crippen molar-refractivity contribution in [3.8, 4) is 11.4 Å². The Bertz CT molecular complexity index is 1290. The minimum absolute atomic E-state index is 0.175. The van der Waals surface area contributed by atoms with E-state index in [1.165, 1.54) is 10.9 Å². The van der Waals surface area contributed by atoms with Crippen LogP contribution in [0.15, 0.2) is 52.0 Å². The van der Waals surface area contributed by atoms with Crippen LogP contribution < -0.4 is 11.1 Å². The second kappa shape index (κ2) is 7.54. The molecule has 0 bridgehead atoms. The number of nitrogens with zero attached hydrogens (tertiary/aromatic N) is 3. The number of halogens is 2. The third-order valence-electron chi connectivity index (χ3n) is 4.66. The number of fused-ring (bicyclic) bond motifs is 1. The number of carbonyl (C=O) groups is 1. The third-order valence-corrected chi connectivity index (χ3v) is 4.66. The maximum atomic E-state index is 13.8. The van der Waals surface area contributed by atoms with Crippen LogP contribution in [0.25, 0.3) is 22.4 Å². The van der Waals surface area contributed by atoms with Gasteiger partial charge in [-0.3, -0.25) is 14.3 Å². The second-order valence-electron chi connectivity index (χ2n) is 7.11. The first-order chi connectivity index (χ1) is 14.3. The summed E-state index contributed by atoms with van der Waals surface area (Å²) in [6.07, 6.45) is 1.39. The number of imidazole rings is 1. The molecular weight excluding hydrogens is 396 g/mol. The quantitative estimate of drug-likeness (QED) is 0.521. The van der Waals surface area contributed by atoms with Crippen molar-refractivity contribution in [2.75, 3.05) is 5.32 Å². The van der Waals surface area contributed by atoms with Crippen molar-refractivity contribution in [1.82, 2.24) is 19.7 Å². The number of anilines is 1. The number of amides is 1. The summed E-state index contributed by atoms with van der Waals surface area (Å²) < 4.78 is 33.3. The monoisotopic (exact) mass is 413 g/mol. The number of carbonyl (C=O) groups excluding carboxylic acids is 1. The van der Waals surface area contributed by atoms with Crippen molar-refractivity contribution < 1.29 is 18.1 Å². The molecule has 0 saturated carbocycles. The van der Waals surface area contributed by atoms with Crippen LogP contribution in [0.2, 0.25) is 0 Å². The lowest BCUT2D eigenvalue weighted by Crippen LogP contribution is -2.29. The third kappa shape index (κ3) is 3.59. The molecular formula is C20H17F2N5O3. The summed E-state index contributed by atoms with van der Waals surface area (Å²) in [5, 5.41) is 6.44. The van der Waals surface area contributed by atoms with Gasteiger partial charge in [0.2, 0.25) is 5.91 Å². The molecule has 1 amide bonds. The molecule has 1 unspecified atom stereocenters. The molecule has 0 aliphatic rings. The molecule has 0 saturated heterocycles. The molecule has 30 heavy (non-hydrogen) atoms. The Labute approximate surface area is 168 Å². The molecule has 0 spiro atoms. The van der Waals surface area contributed by atoms with E-state index in [-0.39, 0.29) is 23.2 Å². The van der Waals surface area contributed by atoms with Gasteiger partial charge in [0, 0.05) is 23.4 Å². The Hall–Kier alpha value is -3.82. The average Bonchev–Trinajstić information content (AvgIpc) is 3.29. The topological polar surface area (TPSA) is 106 Å². The Kier molecular flexibility index (Phi) is 4.90. The van der Waals surface area contributed by atoms with Gasteiger partial charge in [-0.05, 0) is 18.1 Å². The molecule has 0 aliphatic heterocycles. The summed E-state index contributed by atoms with van der Waals surface area (Å²) in [6, 6.07) is 8.00. The number of benzene rings is 2. The van der Waals surface area contributed by atoms with Gasteiger partial charge < -0.3 is 9.88 Å². The second-order valence-corrected chi connectivity index (χ2v) is 7.11. The Morgan fingerprint density at radius 3 is 2.67 bits per heavy atom. The molecule has 2 heterocycles. The summed E-state index contributed by atoms with van der Waals surface area (Å²) >= 11 is 0. The van der Waals surface area contributed by atoms with E-state index in [2.05, 4.69) is 25.0 Å². The highest BCUT2D eigenvalue weighted by Crippen LogP contribution is 2.27. The van der Waals surface area contributed by atoms with Crippen molar-refractivity contribution in [1.29, 1.82) is 0 Å². The van der Waals surface area contributed by atoms with Gasteiger partial charge in [-0.25, -0.2) is 18.6 Å². The first-order valence-electron chi connectivity index (χ1n) is 9.12. The van der Waals surface area contributed by atoms with E-state index < -0.39 is 23.4 Å².